The zero-order valence-corrected chi connectivity index (χ0v) is 17.0. The van der Waals surface area contributed by atoms with Crippen LogP contribution in [0.2, 0.25) is 0 Å². The van der Waals surface area contributed by atoms with Gasteiger partial charge in [-0.3, -0.25) is 4.79 Å². The van der Waals surface area contributed by atoms with Crippen molar-refractivity contribution in [2.45, 2.75) is 45.7 Å². The predicted octanol–water partition coefficient (Wildman–Crippen LogP) is 4.10. The van der Waals surface area contributed by atoms with Crippen LogP contribution in [0, 0.1) is 0 Å². The summed E-state index contributed by atoms with van der Waals surface area (Å²) in [5, 5.41) is 2.99. The number of nitrogens with zero attached hydrogens (tertiary/aromatic N) is 2. The topological polar surface area (TPSA) is 65.4 Å². The first-order valence-electron chi connectivity index (χ1n) is 10.3. The maximum absolute atomic E-state index is 12.7. The first-order chi connectivity index (χ1) is 14.2. The second-order valence-electron chi connectivity index (χ2n) is 7.29. The van der Waals surface area contributed by atoms with Crippen molar-refractivity contribution in [3.8, 4) is 11.5 Å². The molecule has 29 heavy (non-hydrogen) atoms. The van der Waals surface area contributed by atoms with Crippen molar-refractivity contribution in [1.82, 2.24) is 14.9 Å². The Labute approximate surface area is 170 Å². The van der Waals surface area contributed by atoms with Crippen LogP contribution in [0.15, 0.2) is 36.4 Å². The molecule has 0 radical (unpaired) electrons. The number of benzene rings is 2. The van der Waals surface area contributed by atoms with Crippen LogP contribution >= 0.6 is 0 Å². The van der Waals surface area contributed by atoms with E-state index in [0.29, 0.717) is 30.2 Å². The molecule has 2 heterocycles. The minimum Gasteiger partial charge on any atom is -0.493 e. The Hall–Kier alpha value is -3.02. The highest BCUT2D eigenvalue weighted by molar-refractivity contribution is 5.97. The largest absolute Gasteiger partial charge is 0.493 e. The lowest BCUT2D eigenvalue weighted by Crippen LogP contribution is -2.22. The lowest BCUT2D eigenvalue weighted by Gasteiger charge is -2.12. The summed E-state index contributed by atoms with van der Waals surface area (Å²) < 4.78 is 13.2. The molecule has 1 amide bonds. The Morgan fingerprint density at radius 3 is 2.86 bits per heavy atom. The molecule has 0 unspecified atom stereocenters. The van der Waals surface area contributed by atoms with Crippen LogP contribution in [0.25, 0.3) is 11.0 Å². The smallest absolute Gasteiger partial charge is 0.251 e. The van der Waals surface area contributed by atoms with Gasteiger partial charge >= 0.3 is 0 Å². The van der Waals surface area contributed by atoms with E-state index in [1.54, 1.807) is 7.11 Å². The molecule has 0 atom stereocenters. The van der Waals surface area contributed by atoms with Crippen molar-refractivity contribution in [1.29, 1.82) is 0 Å². The molecule has 2 aromatic carbocycles. The lowest BCUT2D eigenvalue weighted by molar-refractivity contribution is 0.0951. The molecule has 1 aliphatic rings. The van der Waals surface area contributed by atoms with Gasteiger partial charge in [0.1, 0.15) is 5.82 Å². The van der Waals surface area contributed by atoms with Gasteiger partial charge in [-0.2, -0.15) is 0 Å². The summed E-state index contributed by atoms with van der Waals surface area (Å²) in [5.74, 6) is 2.40. The van der Waals surface area contributed by atoms with Crippen LogP contribution < -0.4 is 14.8 Å². The van der Waals surface area contributed by atoms with Crippen molar-refractivity contribution in [2.24, 2.45) is 0 Å². The van der Waals surface area contributed by atoms with Gasteiger partial charge in [0.2, 0.25) is 0 Å². The van der Waals surface area contributed by atoms with E-state index < -0.39 is 0 Å². The predicted molar refractivity (Wildman–Crippen MR) is 113 cm³/mol. The van der Waals surface area contributed by atoms with E-state index in [4.69, 9.17) is 14.5 Å². The summed E-state index contributed by atoms with van der Waals surface area (Å²) in [7, 11) is 1.62. The van der Waals surface area contributed by atoms with Gasteiger partial charge in [-0.15, -0.1) is 0 Å². The molecule has 0 saturated heterocycles. The van der Waals surface area contributed by atoms with Gasteiger partial charge in [0.15, 0.2) is 11.5 Å². The molecule has 0 bridgehead atoms. The molecule has 0 aliphatic carbocycles. The molecule has 6 heteroatoms. The summed E-state index contributed by atoms with van der Waals surface area (Å²) in [6, 6.07) is 11.5. The molecule has 0 saturated carbocycles. The SMILES string of the molecule is CCOc1cc(CNC(=O)c2ccc3c(c2)nc2n3CCCCC2)ccc1OC. The minimum absolute atomic E-state index is 0.108. The number of imidazole rings is 1. The number of hydrogen-bond donors (Lipinski definition) is 1. The number of aryl methyl sites for hydroxylation is 2. The second-order valence-corrected chi connectivity index (χ2v) is 7.29. The van der Waals surface area contributed by atoms with Crippen LogP contribution in [0.4, 0.5) is 0 Å². The summed E-state index contributed by atoms with van der Waals surface area (Å²) in [5.41, 5.74) is 3.61. The average molecular weight is 393 g/mol. The first kappa shape index (κ1) is 19.3. The van der Waals surface area contributed by atoms with E-state index >= 15 is 0 Å². The third-order valence-corrected chi connectivity index (χ3v) is 5.35. The molecule has 0 fully saturated rings. The zero-order valence-electron chi connectivity index (χ0n) is 17.0. The highest BCUT2D eigenvalue weighted by Gasteiger charge is 2.15. The molecule has 1 aromatic heterocycles. The van der Waals surface area contributed by atoms with Crippen LogP contribution in [-0.2, 0) is 19.5 Å². The standard InChI is InChI=1S/C23H27N3O3/c1-3-29-21-13-16(8-11-20(21)28-2)15-24-23(27)17-9-10-19-18(14-17)25-22-7-5-4-6-12-26(19)22/h8-11,13-14H,3-7,12,15H2,1-2H3,(H,24,27). The van der Waals surface area contributed by atoms with Gasteiger partial charge < -0.3 is 19.4 Å². The molecule has 6 nitrogen and oxygen atoms in total. The average Bonchev–Trinajstić information content (AvgIpc) is 2.92. The second kappa shape index (κ2) is 8.55. The number of fused-ring (bicyclic) bond motifs is 3. The van der Waals surface area contributed by atoms with Gasteiger partial charge in [0.25, 0.3) is 5.91 Å². The molecule has 1 N–H and O–H groups in total. The molecule has 0 spiro atoms. The van der Waals surface area contributed by atoms with Crippen molar-refractivity contribution in [3.05, 3.63) is 53.3 Å². The maximum atomic E-state index is 12.7. The van der Waals surface area contributed by atoms with E-state index in [2.05, 4.69) is 9.88 Å². The van der Waals surface area contributed by atoms with E-state index in [9.17, 15) is 4.79 Å². The number of nitrogens with one attached hydrogen (secondary N) is 1. The first-order valence-corrected chi connectivity index (χ1v) is 10.3. The van der Waals surface area contributed by atoms with Gasteiger partial charge in [-0.1, -0.05) is 12.5 Å². The fraction of sp³-hybridized carbons (Fsp3) is 0.391. The molecular formula is C23H27N3O3. The fourth-order valence-electron chi connectivity index (χ4n) is 3.87. The van der Waals surface area contributed by atoms with Gasteiger partial charge in [0, 0.05) is 25.1 Å². The van der Waals surface area contributed by atoms with Crippen LogP contribution in [0.3, 0.4) is 0 Å². The highest BCUT2D eigenvalue weighted by Crippen LogP contribution is 2.28. The normalized spacial score (nSPS) is 13.6. The lowest BCUT2D eigenvalue weighted by atomic mass is 10.1. The number of rotatable bonds is 6. The number of carbonyl (C=O) groups is 1. The zero-order chi connectivity index (χ0) is 20.2. The van der Waals surface area contributed by atoms with Crippen LogP contribution in [0.1, 0.15) is 47.9 Å². The quantitative estimate of drug-likeness (QED) is 0.685. The summed E-state index contributed by atoms with van der Waals surface area (Å²) >= 11 is 0. The Bertz CT molecular complexity index is 1030. The highest BCUT2D eigenvalue weighted by atomic mass is 16.5. The van der Waals surface area contributed by atoms with Crippen molar-refractivity contribution in [2.75, 3.05) is 13.7 Å². The third kappa shape index (κ3) is 4.06. The summed E-state index contributed by atoms with van der Waals surface area (Å²) in [6.45, 7) is 3.91. The Morgan fingerprint density at radius 1 is 1.14 bits per heavy atom. The van der Waals surface area contributed by atoms with Crippen molar-refractivity contribution in [3.63, 3.8) is 0 Å². The fourth-order valence-corrected chi connectivity index (χ4v) is 3.87. The van der Waals surface area contributed by atoms with E-state index in [-0.39, 0.29) is 5.91 Å². The number of amides is 1. The van der Waals surface area contributed by atoms with Gasteiger partial charge in [0.05, 0.1) is 24.8 Å². The third-order valence-electron chi connectivity index (χ3n) is 5.35. The van der Waals surface area contributed by atoms with Crippen molar-refractivity contribution >= 4 is 16.9 Å². The number of carbonyl (C=O) groups excluding carboxylic acids is 1. The molecule has 4 rings (SSSR count). The van der Waals surface area contributed by atoms with Gasteiger partial charge in [-0.05, 0) is 55.7 Å². The van der Waals surface area contributed by atoms with Crippen LogP contribution in [0.5, 0.6) is 11.5 Å². The molecular weight excluding hydrogens is 366 g/mol. The summed E-state index contributed by atoms with van der Waals surface area (Å²) in [4.78, 5) is 17.5. The number of aromatic nitrogens is 2. The molecule has 1 aliphatic heterocycles. The van der Waals surface area contributed by atoms with E-state index in [1.165, 1.54) is 19.3 Å². The van der Waals surface area contributed by atoms with E-state index in [1.807, 2.05) is 43.3 Å². The summed E-state index contributed by atoms with van der Waals surface area (Å²) in [6.07, 6.45) is 4.63. The number of ether oxygens (including phenoxy) is 2. The van der Waals surface area contributed by atoms with Crippen molar-refractivity contribution < 1.29 is 14.3 Å². The minimum atomic E-state index is -0.108. The number of hydrogen-bond acceptors (Lipinski definition) is 4. The maximum Gasteiger partial charge on any atom is 0.251 e. The number of methoxy groups -OCH3 is 1. The van der Waals surface area contributed by atoms with Crippen LogP contribution in [-0.4, -0.2) is 29.2 Å². The Balaban J connectivity index is 1.48. The Morgan fingerprint density at radius 2 is 2.03 bits per heavy atom. The van der Waals surface area contributed by atoms with E-state index in [0.717, 1.165) is 35.4 Å². The Kier molecular flexibility index (Phi) is 5.69. The monoisotopic (exact) mass is 393 g/mol. The molecule has 3 aromatic rings. The molecule has 152 valence electrons. The van der Waals surface area contributed by atoms with Gasteiger partial charge in [-0.25, -0.2) is 4.98 Å².